The smallest absolute Gasteiger partial charge is 0.257 e. The van der Waals surface area contributed by atoms with Crippen molar-refractivity contribution in [2.45, 2.75) is 57.5 Å². The normalized spacial score (nSPS) is 16.7. The zero-order valence-corrected chi connectivity index (χ0v) is 18.2. The third kappa shape index (κ3) is 5.75. The van der Waals surface area contributed by atoms with E-state index in [4.69, 9.17) is 0 Å². The van der Waals surface area contributed by atoms with Crippen molar-refractivity contribution < 1.29 is 17.6 Å². The first-order chi connectivity index (χ1) is 13.0. The minimum Gasteiger partial charge on any atom is -0.335 e. The van der Waals surface area contributed by atoms with Crippen LogP contribution in [0, 0.1) is 11.7 Å². The molecule has 158 valence electrons. The molecule has 0 saturated carbocycles. The number of nitrogens with one attached hydrogen (secondary N) is 1. The maximum Gasteiger partial charge on any atom is 0.257 e. The summed E-state index contributed by atoms with van der Waals surface area (Å²) in [5, 5.41) is 0. The molecular formula is C20H32FN3O3S. The van der Waals surface area contributed by atoms with Crippen LogP contribution in [0.5, 0.6) is 0 Å². The Morgan fingerprint density at radius 1 is 1.25 bits per heavy atom. The van der Waals surface area contributed by atoms with Gasteiger partial charge in [-0.25, -0.2) is 17.5 Å². The van der Waals surface area contributed by atoms with Crippen molar-refractivity contribution in [3.8, 4) is 0 Å². The molecule has 8 heteroatoms. The maximum atomic E-state index is 14.5. The lowest BCUT2D eigenvalue weighted by Gasteiger charge is -2.38. The molecule has 6 nitrogen and oxygen atoms in total. The number of hydrogen-bond donors (Lipinski definition) is 1. The van der Waals surface area contributed by atoms with Crippen molar-refractivity contribution in [2.75, 3.05) is 26.7 Å². The van der Waals surface area contributed by atoms with E-state index >= 15 is 0 Å². The van der Waals surface area contributed by atoms with E-state index < -0.39 is 21.7 Å². The Bertz CT molecular complexity index is 788. The Morgan fingerprint density at radius 2 is 1.86 bits per heavy atom. The molecule has 1 saturated heterocycles. The number of nitrogens with zero attached hydrogens (tertiary/aromatic N) is 2. The molecule has 1 fully saturated rings. The first-order valence-electron chi connectivity index (χ1n) is 9.82. The minimum atomic E-state index is -3.81. The summed E-state index contributed by atoms with van der Waals surface area (Å²) >= 11 is 0. The van der Waals surface area contributed by atoms with Crippen LogP contribution in [0.4, 0.5) is 4.39 Å². The molecule has 1 aromatic carbocycles. The number of halogens is 1. The van der Waals surface area contributed by atoms with E-state index in [0.717, 1.165) is 38.1 Å². The van der Waals surface area contributed by atoms with Gasteiger partial charge in [-0.05, 0) is 70.9 Å². The first-order valence-corrected chi connectivity index (χ1v) is 11.3. The van der Waals surface area contributed by atoms with E-state index in [2.05, 4.69) is 9.62 Å². The van der Waals surface area contributed by atoms with Crippen LogP contribution >= 0.6 is 0 Å². The molecular weight excluding hydrogens is 381 g/mol. The van der Waals surface area contributed by atoms with Crippen molar-refractivity contribution in [1.29, 1.82) is 0 Å². The molecule has 0 atom stereocenters. The molecule has 0 radical (unpaired) electrons. The van der Waals surface area contributed by atoms with Crippen LogP contribution in [0.1, 0.15) is 50.9 Å². The molecule has 0 aromatic heterocycles. The van der Waals surface area contributed by atoms with Gasteiger partial charge in [0.2, 0.25) is 10.0 Å². The Labute approximate surface area is 168 Å². The minimum absolute atomic E-state index is 0.0274. The molecule has 1 amide bonds. The third-order valence-electron chi connectivity index (χ3n) is 4.82. The summed E-state index contributed by atoms with van der Waals surface area (Å²) in [6, 6.07) is 3.14. The van der Waals surface area contributed by atoms with Crippen LogP contribution in [0.25, 0.3) is 0 Å². The number of piperidine rings is 1. The number of carbonyl (C=O) groups is 1. The van der Waals surface area contributed by atoms with Gasteiger partial charge in [-0.2, -0.15) is 0 Å². The Hall–Kier alpha value is -1.51. The Morgan fingerprint density at radius 3 is 2.39 bits per heavy atom. The van der Waals surface area contributed by atoms with Crippen LogP contribution in [0.15, 0.2) is 23.1 Å². The zero-order chi connectivity index (χ0) is 21.1. The largest absolute Gasteiger partial charge is 0.335 e. The number of sulfonamides is 1. The average Bonchev–Trinajstić information content (AvgIpc) is 2.59. The number of amides is 1. The number of benzene rings is 1. The van der Waals surface area contributed by atoms with Crippen LogP contribution in [0.3, 0.4) is 0 Å². The quantitative estimate of drug-likeness (QED) is 0.746. The van der Waals surface area contributed by atoms with Gasteiger partial charge in [-0.1, -0.05) is 13.8 Å². The predicted molar refractivity (Wildman–Crippen MR) is 108 cm³/mol. The van der Waals surface area contributed by atoms with E-state index in [1.807, 2.05) is 20.9 Å². The molecule has 1 aliphatic heterocycles. The summed E-state index contributed by atoms with van der Waals surface area (Å²) in [6.45, 7) is 9.70. The molecule has 2 rings (SSSR count). The third-order valence-corrected chi connectivity index (χ3v) is 6.48. The molecule has 0 unspecified atom stereocenters. The van der Waals surface area contributed by atoms with E-state index in [1.165, 1.54) is 6.07 Å². The molecule has 0 bridgehead atoms. The highest BCUT2D eigenvalue weighted by atomic mass is 32.2. The zero-order valence-electron chi connectivity index (χ0n) is 17.4. The molecule has 1 aliphatic rings. The highest BCUT2D eigenvalue weighted by Crippen LogP contribution is 2.23. The summed E-state index contributed by atoms with van der Waals surface area (Å²) in [6.07, 6.45) is 1.65. The number of carbonyl (C=O) groups excluding carboxylic acids is 1. The standard InChI is InChI=1S/C20H32FN3O3S/c1-14(2)13-24(16-8-10-23(5)11-9-16)20(25)18-12-17(6-7-19(18)21)28(26,27)22-15(3)4/h6-7,12,14-16,22H,8-11,13H2,1-5H3. The second kappa shape index (κ2) is 9.33. The highest BCUT2D eigenvalue weighted by molar-refractivity contribution is 7.89. The summed E-state index contributed by atoms with van der Waals surface area (Å²) in [5.74, 6) is -0.918. The van der Waals surface area contributed by atoms with Gasteiger partial charge in [-0.3, -0.25) is 4.79 Å². The molecule has 1 N–H and O–H groups in total. The lowest BCUT2D eigenvalue weighted by molar-refractivity contribution is 0.0554. The van der Waals surface area contributed by atoms with E-state index in [0.29, 0.717) is 6.54 Å². The van der Waals surface area contributed by atoms with Crippen LogP contribution in [-0.4, -0.2) is 62.9 Å². The summed E-state index contributed by atoms with van der Waals surface area (Å²) in [5.41, 5.74) is -0.189. The van der Waals surface area contributed by atoms with Gasteiger partial charge in [0.05, 0.1) is 10.5 Å². The van der Waals surface area contributed by atoms with Crippen molar-refractivity contribution in [1.82, 2.24) is 14.5 Å². The fourth-order valence-corrected chi connectivity index (χ4v) is 4.74. The average molecular weight is 414 g/mol. The molecule has 1 aromatic rings. The van der Waals surface area contributed by atoms with Crippen LogP contribution < -0.4 is 4.72 Å². The van der Waals surface area contributed by atoms with E-state index in [9.17, 15) is 17.6 Å². The number of hydrogen-bond acceptors (Lipinski definition) is 4. The fourth-order valence-electron chi connectivity index (χ4n) is 3.47. The monoisotopic (exact) mass is 413 g/mol. The van der Waals surface area contributed by atoms with Crippen molar-refractivity contribution in [3.63, 3.8) is 0 Å². The van der Waals surface area contributed by atoms with Gasteiger partial charge in [0, 0.05) is 18.6 Å². The van der Waals surface area contributed by atoms with Gasteiger partial charge in [-0.15, -0.1) is 0 Å². The van der Waals surface area contributed by atoms with Crippen molar-refractivity contribution in [2.24, 2.45) is 5.92 Å². The molecule has 0 spiro atoms. The molecule has 1 heterocycles. The van der Waals surface area contributed by atoms with Gasteiger partial charge in [0.15, 0.2) is 0 Å². The van der Waals surface area contributed by atoms with Gasteiger partial charge >= 0.3 is 0 Å². The summed E-state index contributed by atoms with van der Waals surface area (Å²) < 4.78 is 41.9. The lowest BCUT2D eigenvalue weighted by atomic mass is 10.0. The first kappa shape index (κ1) is 22.8. The fraction of sp³-hybridized carbons (Fsp3) is 0.650. The van der Waals surface area contributed by atoms with E-state index in [-0.39, 0.29) is 28.5 Å². The summed E-state index contributed by atoms with van der Waals surface area (Å²) in [7, 11) is -1.77. The Kier molecular flexibility index (Phi) is 7.59. The van der Waals surface area contributed by atoms with E-state index in [1.54, 1.807) is 18.7 Å². The van der Waals surface area contributed by atoms with Crippen LogP contribution in [0.2, 0.25) is 0 Å². The lowest BCUT2D eigenvalue weighted by Crippen LogP contribution is -2.48. The highest BCUT2D eigenvalue weighted by Gasteiger charge is 2.30. The maximum absolute atomic E-state index is 14.5. The predicted octanol–water partition coefficient (Wildman–Crippen LogP) is 2.70. The molecule has 0 aliphatic carbocycles. The van der Waals surface area contributed by atoms with Crippen molar-refractivity contribution in [3.05, 3.63) is 29.6 Å². The molecule has 28 heavy (non-hydrogen) atoms. The van der Waals surface area contributed by atoms with Gasteiger partial charge in [0.1, 0.15) is 5.82 Å². The van der Waals surface area contributed by atoms with Crippen LogP contribution in [-0.2, 0) is 10.0 Å². The second-order valence-corrected chi connectivity index (χ2v) is 10.0. The van der Waals surface area contributed by atoms with Gasteiger partial charge < -0.3 is 9.80 Å². The number of rotatable bonds is 7. The Balaban J connectivity index is 2.37. The second-order valence-electron chi connectivity index (χ2n) is 8.30. The summed E-state index contributed by atoms with van der Waals surface area (Å²) in [4.78, 5) is 17.1. The topological polar surface area (TPSA) is 69.7 Å². The van der Waals surface area contributed by atoms with Crippen molar-refractivity contribution >= 4 is 15.9 Å². The SMILES string of the molecule is CC(C)CN(C(=O)c1cc(S(=O)(=O)NC(C)C)ccc1F)C1CCN(C)CC1. The number of likely N-dealkylation sites (tertiary alicyclic amines) is 1. The van der Waals surface area contributed by atoms with Gasteiger partial charge in [0.25, 0.3) is 5.91 Å².